The molecule has 0 saturated heterocycles. The van der Waals surface area contributed by atoms with Gasteiger partial charge in [-0.2, -0.15) is 0 Å². The van der Waals surface area contributed by atoms with Gasteiger partial charge in [-0.3, -0.25) is 4.79 Å². The first-order valence-corrected chi connectivity index (χ1v) is 13.5. The maximum absolute atomic E-state index is 12.4. The predicted octanol–water partition coefficient (Wildman–Crippen LogP) is 4.58. The van der Waals surface area contributed by atoms with Crippen molar-refractivity contribution in [3.05, 3.63) is 54.9 Å². The van der Waals surface area contributed by atoms with Crippen LogP contribution >= 0.6 is 0 Å². The lowest BCUT2D eigenvalue weighted by atomic mass is 10.1. The molecule has 0 bridgehead atoms. The molecule has 0 aliphatic rings. The third-order valence-electron chi connectivity index (χ3n) is 6.73. The molecule has 0 aliphatic carbocycles. The number of carbonyl (C=O) groups is 1. The van der Waals surface area contributed by atoms with Crippen molar-refractivity contribution in [2.75, 3.05) is 63.5 Å². The average Bonchev–Trinajstić information content (AvgIpc) is 3.33. The Bertz CT molecular complexity index is 1450. The number of amides is 1. The Hall–Kier alpha value is -4.15. The lowest BCUT2D eigenvalue weighted by Crippen LogP contribution is -2.29. The summed E-state index contributed by atoms with van der Waals surface area (Å²) in [6, 6.07) is 13.8. The standard InChI is InChI=1S/C30H39N7O3/c1-6-29(39)32-24-18-25(28(40-5)19-27(24)36(4)16-15-35(2)3)34-30-31-13-12-23(33-30)22-20-37(14-9-17-38)26-11-8-7-10-21(22)26/h7-8,10-13,18-20,38H,6,9,14-17H2,1-5H3,(H,32,39)(H,31,33,34). The summed E-state index contributed by atoms with van der Waals surface area (Å²) in [4.78, 5) is 25.9. The van der Waals surface area contributed by atoms with E-state index in [1.165, 1.54) is 0 Å². The van der Waals surface area contributed by atoms with Crippen LogP contribution in [0.1, 0.15) is 19.8 Å². The number of rotatable bonds is 13. The van der Waals surface area contributed by atoms with Gasteiger partial charge in [-0.1, -0.05) is 25.1 Å². The van der Waals surface area contributed by atoms with Crippen LogP contribution in [0, 0.1) is 0 Å². The lowest BCUT2D eigenvalue weighted by Gasteiger charge is -2.26. The quantitative estimate of drug-likeness (QED) is 0.224. The molecule has 2 aromatic heterocycles. The van der Waals surface area contributed by atoms with Crippen LogP contribution < -0.4 is 20.3 Å². The van der Waals surface area contributed by atoms with Gasteiger partial charge in [0, 0.05) is 74.6 Å². The molecule has 10 nitrogen and oxygen atoms in total. The van der Waals surface area contributed by atoms with Crippen molar-refractivity contribution >= 4 is 39.8 Å². The Labute approximate surface area is 235 Å². The molecule has 0 saturated carbocycles. The minimum absolute atomic E-state index is 0.0748. The Morgan fingerprint density at radius 3 is 2.62 bits per heavy atom. The van der Waals surface area contributed by atoms with E-state index >= 15 is 0 Å². The molecule has 0 aliphatic heterocycles. The van der Waals surface area contributed by atoms with Gasteiger partial charge in [0.2, 0.25) is 11.9 Å². The van der Waals surface area contributed by atoms with E-state index < -0.39 is 0 Å². The van der Waals surface area contributed by atoms with Gasteiger partial charge in [-0.05, 0) is 38.7 Å². The van der Waals surface area contributed by atoms with Crippen LogP contribution in [0.3, 0.4) is 0 Å². The number of para-hydroxylation sites is 1. The maximum Gasteiger partial charge on any atom is 0.227 e. The van der Waals surface area contributed by atoms with Gasteiger partial charge in [-0.25, -0.2) is 9.97 Å². The topological polar surface area (TPSA) is 108 Å². The van der Waals surface area contributed by atoms with Gasteiger partial charge in [0.05, 0.1) is 29.9 Å². The van der Waals surface area contributed by atoms with Gasteiger partial charge < -0.3 is 34.8 Å². The van der Waals surface area contributed by atoms with Crippen molar-refractivity contribution < 1.29 is 14.6 Å². The molecule has 0 fully saturated rings. The van der Waals surface area contributed by atoms with E-state index in [1.807, 2.05) is 58.4 Å². The number of aliphatic hydroxyl groups is 1. The summed E-state index contributed by atoms with van der Waals surface area (Å²) in [5.74, 6) is 0.939. The normalized spacial score (nSPS) is 11.2. The fourth-order valence-corrected chi connectivity index (χ4v) is 4.53. The number of benzene rings is 2. The van der Waals surface area contributed by atoms with E-state index in [0.29, 0.717) is 42.5 Å². The van der Waals surface area contributed by atoms with Gasteiger partial charge in [-0.15, -0.1) is 0 Å². The summed E-state index contributed by atoms with van der Waals surface area (Å²) < 4.78 is 7.89. The first kappa shape index (κ1) is 28.8. The largest absolute Gasteiger partial charge is 0.494 e. The molecule has 212 valence electrons. The van der Waals surface area contributed by atoms with E-state index in [2.05, 4.69) is 48.3 Å². The average molecular weight is 546 g/mol. The third-order valence-corrected chi connectivity index (χ3v) is 6.73. The SMILES string of the molecule is CCC(=O)Nc1cc(Nc2nccc(-c3cn(CCCO)c4ccccc34)n2)c(OC)cc1N(C)CCN(C)C. The van der Waals surface area contributed by atoms with E-state index in [1.54, 1.807) is 13.3 Å². The highest BCUT2D eigenvalue weighted by Crippen LogP contribution is 2.38. The van der Waals surface area contributed by atoms with Crippen LogP contribution in [-0.2, 0) is 11.3 Å². The number of anilines is 4. The van der Waals surface area contributed by atoms with E-state index in [0.717, 1.165) is 40.9 Å². The Kier molecular flexibility index (Phi) is 9.57. The molecule has 0 unspecified atom stereocenters. The molecular formula is C30H39N7O3. The summed E-state index contributed by atoms with van der Waals surface area (Å²) in [5.41, 5.74) is 5.03. The van der Waals surface area contributed by atoms with Gasteiger partial charge in [0.25, 0.3) is 0 Å². The number of aliphatic hydroxyl groups excluding tert-OH is 1. The highest BCUT2D eigenvalue weighted by atomic mass is 16.5. The molecule has 0 spiro atoms. The number of ether oxygens (including phenoxy) is 1. The van der Waals surface area contributed by atoms with Gasteiger partial charge in [0.15, 0.2) is 0 Å². The first-order chi connectivity index (χ1) is 19.3. The van der Waals surface area contributed by atoms with Crippen molar-refractivity contribution in [1.82, 2.24) is 19.4 Å². The van der Waals surface area contributed by atoms with Gasteiger partial charge in [0.1, 0.15) is 5.75 Å². The number of nitrogens with one attached hydrogen (secondary N) is 2. The molecule has 1 amide bonds. The number of methoxy groups -OCH3 is 1. The van der Waals surface area contributed by atoms with E-state index in [4.69, 9.17) is 9.72 Å². The zero-order valence-corrected chi connectivity index (χ0v) is 23.9. The highest BCUT2D eigenvalue weighted by molar-refractivity contribution is 5.97. The Morgan fingerprint density at radius 1 is 1.10 bits per heavy atom. The Morgan fingerprint density at radius 2 is 1.90 bits per heavy atom. The van der Waals surface area contributed by atoms with Crippen molar-refractivity contribution in [3.63, 3.8) is 0 Å². The fourth-order valence-electron chi connectivity index (χ4n) is 4.53. The van der Waals surface area contributed by atoms with Crippen LogP contribution in [0.25, 0.3) is 22.2 Å². The van der Waals surface area contributed by atoms with E-state index in [-0.39, 0.29) is 12.5 Å². The van der Waals surface area contributed by atoms with Crippen LogP contribution in [0.4, 0.5) is 23.0 Å². The number of aryl methyl sites for hydroxylation is 1. The number of hydrogen-bond acceptors (Lipinski definition) is 8. The van der Waals surface area contributed by atoms with Crippen molar-refractivity contribution in [1.29, 1.82) is 0 Å². The molecule has 4 aromatic rings. The smallest absolute Gasteiger partial charge is 0.227 e. The lowest BCUT2D eigenvalue weighted by molar-refractivity contribution is -0.115. The Balaban J connectivity index is 1.70. The number of likely N-dealkylation sites (N-methyl/N-ethyl adjacent to an activating group) is 2. The minimum Gasteiger partial charge on any atom is -0.494 e. The number of hydrogen-bond donors (Lipinski definition) is 3. The molecule has 2 heterocycles. The monoisotopic (exact) mass is 545 g/mol. The molecule has 3 N–H and O–H groups in total. The van der Waals surface area contributed by atoms with Crippen molar-refractivity contribution in [2.24, 2.45) is 0 Å². The fraction of sp³-hybridized carbons (Fsp3) is 0.367. The maximum atomic E-state index is 12.4. The first-order valence-electron chi connectivity index (χ1n) is 13.5. The number of carbonyl (C=O) groups excluding carboxylic acids is 1. The molecular weight excluding hydrogens is 506 g/mol. The molecule has 0 atom stereocenters. The molecule has 10 heteroatoms. The van der Waals surface area contributed by atoms with Crippen LogP contribution in [0.15, 0.2) is 54.9 Å². The summed E-state index contributed by atoms with van der Waals surface area (Å²) in [5, 5.41) is 16.8. The number of fused-ring (bicyclic) bond motifs is 1. The molecule has 4 rings (SSSR count). The van der Waals surface area contributed by atoms with Gasteiger partial charge >= 0.3 is 0 Å². The second kappa shape index (κ2) is 13.3. The molecule has 0 radical (unpaired) electrons. The summed E-state index contributed by atoms with van der Waals surface area (Å²) in [6.45, 7) is 4.31. The number of aromatic nitrogens is 3. The highest BCUT2D eigenvalue weighted by Gasteiger charge is 2.18. The third kappa shape index (κ3) is 6.70. The van der Waals surface area contributed by atoms with Crippen molar-refractivity contribution in [3.8, 4) is 17.0 Å². The second-order valence-corrected chi connectivity index (χ2v) is 9.92. The number of nitrogens with zero attached hydrogens (tertiary/aromatic N) is 5. The van der Waals surface area contributed by atoms with Crippen molar-refractivity contribution in [2.45, 2.75) is 26.3 Å². The van der Waals surface area contributed by atoms with Crippen LogP contribution in [0.2, 0.25) is 0 Å². The zero-order valence-electron chi connectivity index (χ0n) is 23.9. The summed E-state index contributed by atoms with van der Waals surface area (Å²) in [7, 11) is 7.67. The van der Waals surface area contributed by atoms with Crippen LogP contribution in [-0.4, -0.2) is 78.4 Å². The summed E-state index contributed by atoms with van der Waals surface area (Å²) >= 11 is 0. The minimum atomic E-state index is -0.0748. The predicted molar refractivity (Wildman–Crippen MR) is 162 cm³/mol. The molecule has 2 aromatic carbocycles. The molecule has 40 heavy (non-hydrogen) atoms. The zero-order chi connectivity index (χ0) is 28.6. The second-order valence-electron chi connectivity index (χ2n) is 9.92. The van der Waals surface area contributed by atoms with E-state index in [9.17, 15) is 9.90 Å². The summed E-state index contributed by atoms with van der Waals surface area (Å²) in [6.07, 6.45) is 4.84. The van der Waals surface area contributed by atoms with Crippen LogP contribution in [0.5, 0.6) is 5.75 Å².